The van der Waals surface area contributed by atoms with Crippen molar-refractivity contribution in [2.75, 3.05) is 0 Å². The number of pyridine rings is 1. The van der Waals surface area contributed by atoms with Gasteiger partial charge in [-0.2, -0.15) is 9.13 Å². The number of aromatic nitrogens is 5. The van der Waals surface area contributed by atoms with E-state index in [4.69, 9.17) is 0 Å². The zero-order valence-electron chi connectivity index (χ0n) is 96.2. The summed E-state index contributed by atoms with van der Waals surface area (Å²) in [5.41, 5.74) is 26.2. The zero-order chi connectivity index (χ0) is 98.4. The average Bonchev–Trinajstić information content (AvgIpc) is 1.58. The normalized spacial score (nSPS) is 25.0. The molecule has 5 nitrogen and oxygen atoms in total. The summed E-state index contributed by atoms with van der Waals surface area (Å²) in [5, 5.41) is 0. The maximum absolute atomic E-state index is 15.7. The van der Waals surface area contributed by atoms with Gasteiger partial charge in [-0.1, -0.05) is 273 Å². The second-order valence-corrected chi connectivity index (χ2v) is 45.8. The third-order valence-corrected chi connectivity index (χ3v) is 36.4. The fourth-order valence-corrected chi connectivity index (χ4v) is 25.5. The van der Waals surface area contributed by atoms with Crippen LogP contribution in [-0.4, -0.2) is 9.13 Å². The van der Waals surface area contributed by atoms with Gasteiger partial charge in [0.15, 0.2) is 28.3 Å². The summed E-state index contributed by atoms with van der Waals surface area (Å²) in [5.74, 6) is 18.0. The molecule has 0 radical (unpaired) electrons. The molecule has 0 spiro atoms. The molecule has 8 aromatic carbocycles. The molecule has 17 rings (SSSR count). The minimum absolute atomic E-state index is 0. The fourth-order valence-electron chi connectivity index (χ4n) is 25.5. The van der Waals surface area contributed by atoms with E-state index in [-0.39, 0.29) is 133 Å². The van der Waals surface area contributed by atoms with E-state index >= 15 is 8.78 Å². The van der Waals surface area contributed by atoms with Crippen molar-refractivity contribution < 1.29 is 94.7 Å². The number of fused-ring (bicyclic) bond motifs is 2. The molecule has 0 bridgehead atoms. The largest absolute Gasteiger partial charge is 2.00 e. The van der Waals surface area contributed by atoms with Gasteiger partial charge >= 0.3 is 59.1 Å². The van der Waals surface area contributed by atoms with E-state index in [0.717, 1.165) is 151 Å². The van der Waals surface area contributed by atoms with Gasteiger partial charge < -0.3 is 44.6 Å². The molecular formula is C130H189F5N5Os2Ru+3. The van der Waals surface area contributed by atoms with Gasteiger partial charge in [-0.25, -0.2) is 35.7 Å². The summed E-state index contributed by atoms with van der Waals surface area (Å²) < 4.78 is 84.0. The van der Waals surface area contributed by atoms with E-state index in [9.17, 15) is 13.2 Å². The van der Waals surface area contributed by atoms with Crippen molar-refractivity contribution in [3.8, 4) is 56.5 Å². The fraction of sp³-hybridized carbons (Fsp3) is 0.531. The molecule has 13 heteroatoms. The quantitative estimate of drug-likeness (QED) is 0.0475. The van der Waals surface area contributed by atoms with Gasteiger partial charge in [0.25, 0.3) is 11.6 Å². The van der Waals surface area contributed by atoms with Crippen LogP contribution in [0, 0.1) is 221 Å². The van der Waals surface area contributed by atoms with Crippen molar-refractivity contribution in [2.45, 2.75) is 314 Å². The van der Waals surface area contributed by atoms with Crippen LogP contribution in [0.4, 0.5) is 22.0 Å². The topological polar surface area (TPSA) is 21.5 Å². The first kappa shape index (κ1) is 131. The predicted octanol–water partition coefficient (Wildman–Crippen LogP) is 37.0. The van der Waals surface area contributed by atoms with Crippen LogP contribution in [0.2, 0.25) is 0 Å². The molecule has 11 aromatic rings. The Kier molecular flexibility index (Phi) is 50.0. The molecule has 14 atom stereocenters. The van der Waals surface area contributed by atoms with Crippen molar-refractivity contribution in [1.29, 1.82) is 0 Å². The third-order valence-electron chi connectivity index (χ3n) is 36.4. The number of imidazole rings is 2. The van der Waals surface area contributed by atoms with E-state index in [1.807, 2.05) is 51.4 Å². The number of benzene rings is 8. The first-order valence-electron chi connectivity index (χ1n) is 52.2. The van der Waals surface area contributed by atoms with Gasteiger partial charge in [-0.05, 0) is 325 Å². The smallest absolute Gasteiger partial charge is 0.358 e. The Morgan fingerprint density at radius 2 is 0.664 bits per heavy atom. The van der Waals surface area contributed by atoms with E-state index in [1.54, 1.807) is 19.9 Å². The van der Waals surface area contributed by atoms with Crippen LogP contribution >= 0.6 is 0 Å². The summed E-state index contributed by atoms with van der Waals surface area (Å²) in [6, 6.07) is 45.3. The molecule has 0 amide bonds. The van der Waals surface area contributed by atoms with Crippen molar-refractivity contribution in [3.63, 3.8) is 0 Å². The molecule has 0 aliphatic heterocycles. The minimum Gasteiger partial charge on any atom is -0.358 e. The molecule has 0 saturated heterocycles. The third kappa shape index (κ3) is 27.2. The molecule has 143 heavy (non-hydrogen) atoms. The number of hydrogen-bond donors (Lipinski definition) is 0. The standard InChI is InChI=1S/C36H45F2N2.C35H43F2N2.C26H29FN.C10H20.C9H18.C8H16.6CH3.2Os.Ru/c1-19(2)28-16-26(34-24(8)22(6)23(7)25(34)9)17-29(20(3)4)35(28)40-32-14-12-11-13-31(32)39(10)36(40)33-21(5)15-27(37)18-30(33)38;1-19(2)27-16-25(29-15-21(5)23(7)24(29)8)17-28(20(3)4)34(27)39-32-13-11-10-12-31(32)38(9)35(39)33-22(6)14-26(36)18-30(33)37;1-17-15-23(27)10-11-24(17)25-12-9-21(16-28(25)4)26-18(2)13-22(14-19(26)3)20-7-5-6-8-20;1-6-7(2)9(4)10(5)8(6)3;1-6-5-7(2)9(4)8(6)3;1-6-4-5-7(2)8(6)3;;;;;;;;;/h11-20,22-25,34H,1-10H3;10-14,16-21,23-24,29H,15H2,1-9H3;9-16,20H,5-8H2,1-4H3;6-10H,1-5H3;6-9H,5H2,1-4H3;6-8H,4-5H2,1-3H3;6*1H3;;;/q3*+1;;;;6*-1;3*+2. The molecule has 790 valence electrons. The van der Waals surface area contributed by atoms with Crippen LogP contribution in [0.5, 0.6) is 0 Å². The summed E-state index contributed by atoms with van der Waals surface area (Å²) in [4.78, 5) is 0. The molecule has 6 fully saturated rings. The first-order valence-corrected chi connectivity index (χ1v) is 52.2. The van der Waals surface area contributed by atoms with Crippen molar-refractivity contribution in [3.05, 3.63) is 286 Å². The summed E-state index contributed by atoms with van der Waals surface area (Å²) >= 11 is 0. The Morgan fingerprint density at radius 1 is 0.322 bits per heavy atom. The maximum Gasteiger partial charge on any atom is 2.00 e. The van der Waals surface area contributed by atoms with Gasteiger partial charge in [0.1, 0.15) is 58.6 Å². The Hall–Kier alpha value is -6.60. The van der Waals surface area contributed by atoms with Gasteiger partial charge in [0.2, 0.25) is 5.69 Å². The van der Waals surface area contributed by atoms with Gasteiger partial charge in [0.05, 0.1) is 14.1 Å². The molecule has 3 heterocycles. The number of hydrogen-bond acceptors (Lipinski definition) is 0. The van der Waals surface area contributed by atoms with Crippen molar-refractivity contribution >= 4 is 22.1 Å². The Morgan fingerprint density at radius 3 is 0.986 bits per heavy atom. The SMILES string of the molecule is CC1C(C)C(C)C(C)C1C.CC1CC(C)C(C)C1C.CC1CCC(C)C1C.Cc1cc(F)cc(F)c1-c1n(-c2c(C(C)C)cc(C3C(C)C(C)C(C)C3C)cc2C(C)C)c2ccccc2[n+]1C.Cc1cc(F)cc(F)c1-c1n(-c2c(C(C)C)cc(C3CC(C)C(C)C3C)cc2C(C)C)c2ccccc2[n+]1C.Cc1cc(F)ccc1-c1ccc(-c2c(C)cc(C3CCCC3)cc2C)c[n+]1C.[CH3-].[CH3-].[CH3-].[CH3-].[CH3-].[CH3-].[Os+2].[Os+2].[Ru+2]. The molecule has 14 unspecified atom stereocenters. The van der Waals surface area contributed by atoms with Crippen LogP contribution in [0.25, 0.3) is 78.6 Å². The number of nitrogens with zero attached hydrogens (tertiary/aromatic N) is 5. The van der Waals surface area contributed by atoms with E-state index in [2.05, 4.69) is 310 Å². The first-order chi connectivity index (χ1) is 63.1. The Labute approximate surface area is 909 Å². The number of aryl methyl sites for hydroxylation is 8. The second kappa shape index (κ2) is 54.7. The van der Waals surface area contributed by atoms with Crippen molar-refractivity contribution in [1.82, 2.24) is 9.13 Å². The average molecular weight is 2400 g/mol. The van der Waals surface area contributed by atoms with Crippen LogP contribution < -0.4 is 13.7 Å². The van der Waals surface area contributed by atoms with Crippen LogP contribution in [0.15, 0.2) is 146 Å². The Balaban J connectivity index is 0.000000476. The van der Waals surface area contributed by atoms with Crippen LogP contribution in [-0.2, 0) is 80.2 Å². The predicted molar refractivity (Wildman–Crippen MR) is 596 cm³/mol. The number of para-hydroxylation sites is 4. The summed E-state index contributed by atoms with van der Waals surface area (Å²) in [6.45, 7) is 73.6. The summed E-state index contributed by atoms with van der Waals surface area (Å²) in [6.07, 6.45) is 13.2. The van der Waals surface area contributed by atoms with Gasteiger partial charge in [0, 0.05) is 51.6 Å². The van der Waals surface area contributed by atoms with E-state index in [0.29, 0.717) is 75.5 Å². The molecule has 6 saturated carbocycles. The van der Waals surface area contributed by atoms with Crippen molar-refractivity contribution in [2.24, 2.45) is 134 Å². The molecular weight excluding hydrogens is 2210 g/mol. The molecule has 6 aliphatic carbocycles. The van der Waals surface area contributed by atoms with E-state index in [1.165, 1.54) is 131 Å². The number of rotatable bonds is 13. The number of halogens is 5. The summed E-state index contributed by atoms with van der Waals surface area (Å²) in [7, 11) is 6.04. The monoisotopic (exact) mass is 2400 g/mol. The Bertz CT molecular complexity index is 5740. The second-order valence-electron chi connectivity index (χ2n) is 45.8. The molecule has 3 aromatic heterocycles. The van der Waals surface area contributed by atoms with Crippen LogP contribution in [0.1, 0.15) is 346 Å². The van der Waals surface area contributed by atoms with Gasteiger partial charge in [-0.15, -0.1) is 0 Å². The molecule has 0 N–H and O–H groups in total. The zero-order valence-corrected chi connectivity index (χ0v) is 103. The van der Waals surface area contributed by atoms with Gasteiger partial charge in [-0.3, -0.25) is 0 Å². The maximum atomic E-state index is 15.7. The minimum atomic E-state index is -0.553. The van der Waals surface area contributed by atoms with E-state index < -0.39 is 23.3 Å². The molecule has 6 aliphatic rings. The van der Waals surface area contributed by atoms with Crippen LogP contribution in [0.3, 0.4) is 0 Å².